The lowest BCUT2D eigenvalue weighted by Crippen LogP contribution is -2.34. The summed E-state index contributed by atoms with van der Waals surface area (Å²) in [4.78, 5) is 27.8. The Morgan fingerprint density at radius 3 is 2.65 bits per heavy atom. The molecular weight excluding hydrogens is 445 g/mol. The first-order valence-corrected chi connectivity index (χ1v) is 10.6. The second kappa shape index (κ2) is 9.36. The van der Waals surface area contributed by atoms with Gasteiger partial charge in [0.15, 0.2) is 18.1 Å². The predicted octanol–water partition coefficient (Wildman–Crippen LogP) is 4.70. The number of ether oxygens (including phenoxy) is 3. The number of nitrogens with zero attached hydrogens (tertiary/aromatic N) is 1. The van der Waals surface area contributed by atoms with E-state index in [0.29, 0.717) is 36.9 Å². The Morgan fingerprint density at radius 2 is 1.90 bits per heavy atom. The van der Waals surface area contributed by atoms with Gasteiger partial charge < -0.3 is 19.1 Å². The van der Waals surface area contributed by atoms with Crippen LogP contribution in [0.25, 0.3) is 0 Å². The van der Waals surface area contributed by atoms with Gasteiger partial charge in [-0.15, -0.1) is 11.3 Å². The second-order valence-electron chi connectivity index (χ2n) is 6.59. The largest absolute Gasteiger partial charge is 0.486 e. The maximum Gasteiger partial charge on any atom is 0.340 e. The van der Waals surface area contributed by atoms with Crippen LogP contribution in [0.2, 0.25) is 5.02 Å². The number of carbonyl (C=O) groups excluding carboxylic acids is 2. The number of esters is 1. The zero-order valence-corrected chi connectivity index (χ0v) is 17.7. The first kappa shape index (κ1) is 21.1. The van der Waals surface area contributed by atoms with Crippen molar-refractivity contribution in [3.63, 3.8) is 0 Å². The predicted molar refractivity (Wildman–Crippen MR) is 115 cm³/mol. The summed E-state index contributed by atoms with van der Waals surface area (Å²) in [5, 5.41) is 1.83. The van der Waals surface area contributed by atoms with Crippen LogP contribution in [0.15, 0.2) is 53.9 Å². The Morgan fingerprint density at radius 1 is 1.10 bits per heavy atom. The first-order chi connectivity index (χ1) is 15.0. The van der Waals surface area contributed by atoms with E-state index in [0.717, 1.165) is 17.0 Å². The number of carbonyl (C=O) groups is 2. The van der Waals surface area contributed by atoms with Gasteiger partial charge in [-0.2, -0.15) is 0 Å². The van der Waals surface area contributed by atoms with E-state index in [1.54, 1.807) is 18.2 Å². The molecule has 0 spiro atoms. The molecule has 0 atom stereocenters. The molecule has 0 unspecified atom stereocenters. The minimum Gasteiger partial charge on any atom is -0.486 e. The van der Waals surface area contributed by atoms with Crippen molar-refractivity contribution in [3.8, 4) is 11.5 Å². The Kier molecular flexibility index (Phi) is 6.39. The van der Waals surface area contributed by atoms with Gasteiger partial charge in [-0.3, -0.25) is 4.79 Å². The number of halogens is 2. The Balaban J connectivity index is 1.52. The van der Waals surface area contributed by atoms with Gasteiger partial charge in [-0.05, 0) is 41.8 Å². The number of anilines is 1. The molecule has 4 rings (SSSR count). The number of rotatable bonds is 6. The van der Waals surface area contributed by atoms with E-state index in [2.05, 4.69) is 0 Å². The quantitative estimate of drug-likeness (QED) is 0.498. The molecule has 6 nitrogen and oxygen atoms in total. The molecule has 0 saturated carbocycles. The summed E-state index contributed by atoms with van der Waals surface area (Å²) < 4.78 is 29.5. The zero-order valence-electron chi connectivity index (χ0n) is 16.2. The fraction of sp³-hybridized carbons (Fsp3) is 0.182. The van der Waals surface area contributed by atoms with E-state index in [-0.39, 0.29) is 10.6 Å². The highest BCUT2D eigenvalue weighted by molar-refractivity contribution is 7.09. The molecule has 1 aliphatic rings. The molecule has 2 heterocycles. The molecule has 0 radical (unpaired) electrons. The first-order valence-electron chi connectivity index (χ1n) is 9.36. The molecule has 1 amide bonds. The van der Waals surface area contributed by atoms with Crippen LogP contribution in [-0.2, 0) is 16.1 Å². The number of thiophene rings is 1. The third kappa shape index (κ3) is 4.98. The van der Waals surface area contributed by atoms with Crippen LogP contribution in [0.1, 0.15) is 15.2 Å². The Bertz CT molecular complexity index is 1110. The normalized spacial score (nSPS) is 12.3. The highest BCUT2D eigenvalue weighted by Gasteiger charge is 2.22. The van der Waals surface area contributed by atoms with E-state index in [1.165, 1.54) is 22.3 Å². The molecule has 1 aliphatic heterocycles. The number of benzene rings is 2. The van der Waals surface area contributed by atoms with Gasteiger partial charge in [-0.25, -0.2) is 9.18 Å². The molecule has 0 N–H and O–H groups in total. The minimum atomic E-state index is -0.809. The molecule has 0 saturated heterocycles. The van der Waals surface area contributed by atoms with E-state index < -0.39 is 24.3 Å². The maximum absolute atomic E-state index is 13.2. The number of amides is 1. The maximum atomic E-state index is 13.2. The second-order valence-corrected chi connectivity index (χ2v) is 8.03. The Hall–Kier alpha value is -3.10. The van der Waals surface area contributed by atoms with Gasteiger partial charge >= 0.3 is 5.97 Å². The van der Waals surface area contributed by atoms with Crippen molar-refractivity contribution >= 4 is 40.5 Å². The highest BCUT2D eigenvalue weighted by Crippen LogP contribution is 2.34. The van der Waals surface area contributed by atoms with Gasteiger partial charge in [-0.1, -0.05) is 17.7 Å². The van der Waals surface area contributed by atoms with Crippen molar-refractivity contribution in [1.29, 1.82) is 0 Å². The van der Waals surface area contributed by atoms with Crippen molar-refractivity contribution in [2.24, 2.45) is 0 Å². The van der Waals surface area contributed by atoms with Crippen LogP contribution < -0.4 is 14.4 Å². The third-order valence-electron chi connectivity index (χ3n) is 4.51. The summed E-state index contributed by atoms with van der Waals surface area (Å²) in [6, 6.07) is 12.3. The molecule has 0 aliphatic carbocycles. The monoisotopic (exact) mass is 461 g/mol. The average Bonchev–Trinajstić information content (AvgIpc) is 3.28. The molecular formula is C22H17ClFNO5S. The van der Waals surface area contributed by atoms with Gasteiger partial charge in [0.25, 0.3) is 5.91 Å². The fourth-order valence-corrected chi connectivity index (χ4v) is 3.96. The van der Waals surface area contributed by atoms with E-state index >= 15 is 0 Å². The lowest BCUT2D eigenvalue weighted by Gasteiger charge is -2.25. The van der Waals surface area contributed by atoms with E-state index in [4.69, 9.17) is 25.8 Å². The van der Waals surface area contributed by atoms with Gasteiger partial charge in [0, 0.05) is 16.6 Å². The summed E-state index contributed by atoms with van der Waals surface area (Å²) in [5.74, 6) is -0.662. The molecule has 0 fully saturated rings. The summed E-state index contributed by atoms with van der Waals surface area (Å²) in [6.45, 7) is 0.675. The summed E-state index contributed by atoms with van der Waals surface area (Å²) >= 11 is 7.41. The summed E-state index contributed by atoms with van der Waals surface area (Å²) in [5.41, 5.74) is 0.568. The zero-order chi connectivity index (χ0) is 21.8. The van der Waals surface area contributed by atoms with Crippen molar-refractivity contribution in [2.45, 2.75) is 6.54 Å². The SMILES string of the molecule is O=C(OCC(=O)N(Cc1cccs1)c1ccc2c(c1)OCCO2)c1ccc(F)cc1Cl. The van der Waals surface area contributed by atoms with Crippen LogP contribution in [0.4, 0.5) is 10.1 Å². The van der Waals surface area contributed by atoms with Gasteiger partial charge in [0.1, 0.15) is 19.0 Å². The lowest BCUT2D eigenvalue weighted by atomic mass is 10.2. The molecule has 160 valence electrons. The average molecular weight is 462 g/mol. The summed E-state index contributed by atoms with van der Waals surface area (Å²) in [7, 11) is 0. The van der Waals surface area contributed by atoms with Crippen LogP contribution in [0.5, 0.6) is 11.5 Å². The summed E-state index contributed by atoms with van der Waals surface area (Å²) in [6.07, 6.45) is 0. The lowest BCUT2D eigenvalue weighted by molar-refractivity contribution is -0.121. The molecule has 3 aromatic rings. The van der Waals surface area contributed by atoms with Crippen LogP contribution in [-0.4, -0.2) is 31.7 Å². The molecule has 2 aromatic carbocycles. The number of hydrogen-bond donors (Lipinski definition) is 0. The highest BCUT2D eigenvalue weighted by atomic mass is 35.5. The molecule has 1 aromatic heterocycles. The van der Waals surface area contributed by atoms with E-state index in [1.807, 2.05) is 17.5 Å². The van der Waals surface area contributed by atoms with Gasteiger partial charge in [0.2, 0.25) is 0 Å². The van der Waals surface area contributed by atoms with Gasteiger partial charge in [0.05, 0.1) is 17.1 Å². The van der Waals surface area contributed by atoms with Crippen molar-refractivity contribution in [2.75, 3.05) is 24.7 Å². The van der Waals surface area contributed by atoms with Crippen LogP contribution in [0, 0.1) is 5.82 Å². The van der Waals surface area contributed by atoms with Crippen molar-refractivity contribution in [3.05, 3.63) is 75.2 Å². The molecule has 0 bridgehead atoms. The Labute approximate surface area is 186 Å². The molecule has 9 heteroatoms. The topological polar surface area (TPSA) is 65.1 Å². The number of hydrogen-bond acceptors (Lipinski definition) is 6. The minimum absolute atomic E-state index is 0.0139. The smallest absolute Gasteiger partial charge is 0.340 e. The standard InChI is InChI=1S/C22H17ClFNO5S/c23-18-10-14(24)3-5-17(18)22(27)30-13-21(26)25(12-16-2-1-9-31-16)15-4-6-19-20(11-15)29-8-7-28-19/h1-6,9-11H,7-8,12-13H2. The van der Waals surface area contributed by atoms with Crippen LogP contribution >= 0.6 is 22.9 Å². The van der Waals surface area contributed by atoms with E-state index in [9.17, 15) is 14.0 Å². The number of fused-ring (bicyclic) bond motifs is 1. The van der Waals surface area contributed by atoms with Crippen LogP contribution in [0.3, 0.4) is 0 Å². The fourth-order valence-electron chi connectivity index (χ4n) is 3.02. The third-order valence-corrected chi connectivity index (χ3v) is 5.68. The molecule has 31 heavy (non-hydrogen) atoms. The van der Waals surface area contributed by atoms with Crippen molar-refractivity contribution in [1.82, 2.24) is 0 Å². The van der Waals surface area contributed by atoms with Crippen molar-refractivity contribution < 1.29 is 28.2 Å².